The molecule has 2 aliphatic rings. The molecule has 1 unspecified atom stereocenters. The molecular formula is C35H36N2O4. The first kappa shape index (κ1) is 26.8. The normalized spacial score (nSPS) is 16.4. The van der Waals surface area contributed by atoms with Gasteiger partial charge in [-0.3, -0.25) is 0 Å². The Hall–Kier alpha value is -4.45. The van der Waals surface area contributed by atoms with Crippen molar-refractivity contribution in [1.82, 2.24) is 0 Å². The minimum absolute atomic E-state index is 0.0734. The summed E-state index contributed by atoms with van der Waals surface area (Å²) >= 11 is 0. The van der Waals surface area contributed by atoms with Crippen LogP contribution >= 0.6 is 0 Å². The van der Waals surface area contributed by atoms with E-state index in [9.17, 15) is 9.90 Å². The molecule has 0 aliphatic carbocycles. The van der Waals surface area contributed by atoms with Gasteiger partial charge in [0, 0.05) is 35.6 Å². The first-order valence-corrected chi connectivity index (χ1v) is 14.6. The van der Waals surface area contributed by atoms with Crippen molar-refractivity contribution in [1.29, 1.82) is 0 Å². The topological polar surface area (TPSA) is 71.0 Å². The highest BCUT2D eigenvalue weighted by atomic mass is 16.6. The van der Waals surface area contributed by atoms with Gasteiger partial charge in [-0.25, -0.2) is 4.79 Å². The van der Waals surface area contributed by atoms with E-state index in [-0.39, 0.29) is 5.75 Å². The molecule has 0 bridgehead atoms. The van der Waals surface area contributed by atoms with E-state index in [1.165, 1.54) is 0 Å². The molecular weight excluding hydrogens is 512 g/mol. The number of hydrogen-bond donors (Lipinski definition) is 2. The zero-order valence-corrected chi connectivity index (χ0v) is 23.9. The van der Waals surface area contributed by atoms with Crippen molar-refractivity contribution in [2.24, 2.45) is 0 Å². The van der Waals surface area contributed by atoms with Crippen LogP contribution in [0.5, 0.6) is 17.2 Å². The number of unbranched alkanes of at least 4 members (excludes halogenated alkanes) is 2. The number of esters is 1. The summed E-state index contributed by atoms with van der Waals surface area (Å²) in [4.78, 5) is 15.6. The summed E-state index contributed by atoms with van der Waals surface area (Å²) in [6.45, 7) is 8.04. The lowest BCUT2D eigenvalue weighted by molar-refractivity contribution is 0.0222. The molecule has 2 heterocycles. The van der Waals surface area contributed by atoms with E-state index >= 15 is 0 Å². The van der Waals surface area contributed by atoms with Gasteiger partial charge in [0.05, 0.1) is 16.8 Å². The van der Waals surface area contributed by atoms with Crippen molar-refractivity contribution in [3.05, 3.63) is 107 Å². The Morgan fingerprint density at radius 1 is 0.854 bits per heavy atom. The average Bonchev–Trinajstić information content (AvgIpc) is 3.28. The quantitative estimate of drug-likeness (QED) is 0.205. The van der Waals surface area contributed by atoms with Crippen LogP contribution in [0.25, 0.3) is 0 Å². The van der Waals surface area contributed by atoms with Crippen LogP contribution in [0.15, 0.2) is 78.9 Å². The van der Waals surface area contributed by atoms with Crippen LogP contribution in [-0.4, -0.2) is 24.2 Å². The summed E-state index contributed by atoms with van der Waals surface area (Å²) in [5, 5.41) is 15.3. The maximum Gasteiger partial charge on any atom is 0.340 e. The molecule has 0 radical (unpaired) electrons. The van der Waals surface area contributed by atoms with Crippen LogP contribution in [-0.2, 0) is 10.3 Å². The minimum atomic E-state index is -1.26. The Bertz CT molecular complexity index is 1590. The molecule has 1 atom stereocenters. The van der Waals surface area contributed by atoms with Crippen molar-refractivity contribution in [3.8, 4) is 17.2 Å². The van der Waals surface area contributed by atoms with Crippen LogP contribution < -0.4 is 15.0 Å². The Kier molecular flexibility index (Phi) is 7.08. The Balaban J connectivity index is 1.55. The molecule has 0 saturated carbocycles. The molecule has 2 N–H and O–H groups in total. The van der Waals surface area contributed by atoms with Crippen LogP contribution in [0.2, 0.25) is 0 Å². The molecule has 0 aromatic heterocycles. The predicted molar refractivity (Wildman–Crippen MR) is 163 cm³/mol. The molecule has 4 aromatic rings. The fraction of sp³-hybridized carbons (Fsp3) is 0.286. The molecule has 0 saturated heterocycles. The van der Waals surface area contributed by atoms with Gasteiger partial charge in [-0.1, -0.05) is 63.1 Å². The van der Waals surface area contributed by atoms with Crippen molar-refractivity contribution < 1.29 is 19.4 Å². The molecule has 210 valence electrons. The predicted octanol–water partition coefficient (Wildman–Crippen LogP) is 8.42. The number of nitrogens with one attached hydrogen (secondary N) is 1. The number of carbonyl (C=O) groups excluding carboxylic acids is 1. The highest BCUT2D eigenvalue weighted by molar-refractivity contribution is 5.97. The van der Waals surface area contributed by atoms with Crippen molar-refractivity contribution in [2.75, 3.05) is 23.3 Å². The number of carbonyl (C=O) groups is 1. The average molecular weight is 549 g/mol. The standard InChI is InChI=1S/C35H36N2O4/c1-4-6-19-37(20-7-5-2)30-18-17-27-33(32(30)38)40-31-21-23(3)29(36-24-13-9-8-10-14-24)22-28(31)35(27)26-16-12-11-15-25(26)34(39)41-35/h8-18,21-22,36,38H,4-7,19-20H2,1-3H3. The number of rotatable bonds is 9. The van der Waals surface area contributed by atoms with Crippen molar-refractivity contribution >= 4 is 23.0 Å². The van der Waals surface area contributed by atoms with Gasteiger partial charge in [0.2, 0.25) is 0 Å². The molecule has 0 fully saturated rings. The SMILES string of the molecule is CCCCN(CCCC)c1ccc2c(c1O)Oc1cc(C)c(Nc3ccccc3)cc1C21OC(=O)c2ccccc21. The third kappa shape index (κ3) is 4.48. The van der Waals surface area contributed by atoms with Crippen LogP contribution in [0.1, 0.15) is 72.1 Å². The summed E-state index contributed by atoms with van der Waals surface area (Å²) in [7, 11) is 0. The second-order valence-corrected chi connectivity index (χ2v) is 10.9. The maximum atomic E-state index is 13.3. The number of nitrogens with zero attached hydrogens (tertiary/aromatic N) is 1. The van der Waals surface area contributed by atoms with Crippen LogP contribution in [0, 0.1) is 6.92 Å². The van der Waals surface area contributed by atoms with Gasteiger partial charge in [0.15, 0.2) is 17.1 Å². The van der Waals surface area contributed by atoms with E-state index in [0.29, 0.717) is 28.2 Å². The van der Waals surface area contributed by atoms with Gasteiger partial charge in [-0.2, -0.15) is 0 Å². The number of phenols is 1. The zero-order valence-electron chi connectivity index (χ0n) is 23.9. The number of anilines is 3. The second-order valence-electron chi connectivity index (χ2n) is 10.9. The summed E-state index contributed by atoms with van der Waals surface area (Å²) in [5.74, 6) is 0.567. The molecule has 6 nitrogen and oxygen atoms in total. The van der Waals surface area contributed by atoms with Crippen molar-refractivity contribution in [2.45, 2.75) is 52.1 Å². The molecule has 6 rings (SSSR count). The number of fused-ring (bicyclic) bond motifs is 6. The second kappa shape index (κ2) is 10.8. The van der Waals surface area contributed by atoms with Crippen molar-refractivity contribution in [3.63, 3.8) is 0 Å². The van der Waals surface area contributed by atoms with Gasteiger partial charge >= 0.3 is 5.97 Å². The lowest BCUT2D eigenvalue weighted by atomic mass is 9.77. The Morgan fingerprint density at radius 2 is 1.56 bits per heavy atom. The maximum absolute atomic E-state index is 13.3. The number of benzene rings is 4. The third-order valence-corrected chi connectivity index (χ3v) is 8.14. The lowest BCUT2D eigenvalue weighted by Gasteiger charge is -2.38. The number of phenolic OH excluding ortho intramolecular Hbond substituents is 1. The molecule has 1 spiro atoms. The number of hydrogen-bond acceptors (Lipinski definition) is 6. The summed E-state index contributed by atoms with van der Waals surface area (Å²) < 4.78 is 12.9. The zero-order chi connectivity index (χ0) is 28.6. The lowest BCUT2D eigenvalue weighted by Crippen LogP contribution is -2.33. The summed E-state index contributed by atoms with van der Waals surface area (Å²) in [5.41, 5.74) is 4.86. The highest BCUT2D eigenvalue weighted by Gasteiger charge is 2.54. The van der Waals surface area contributed by atoms with E-state index in [4.69, 9.17) is 9.47 Å². The fourth-order valence-electron chi connectivity index (χ4n) is 5.97. The van der Waals surface area contributed by atoms with E-state index < -0.39 is 11.6 Å². The molecule has 0 amide bonds. The number of aryl methyl sites for hydroxylation is 1. The number of aromatic hydroxyl groups is 1. The smallest absolute Gasteiger partial charge is 0.340 e. The number of ether oxygens (including phenoxy) is 2. The van der Waals surface area contributed by atoms with E-state index in [1.54, 1.807) is 6.07 Å². The first-order valence-electron chi connectivity index (χ1n) is 14.6. The third-order valence-electron chi connectivity index (χ3n) is 8.14. The van der Waals surface area contributed by atoms with E-state index in [2.05, 4.69) is 24.1 Å². The van der Waals surface area contributed by atoms with Gasteiger partial charge in [-0.05, 0) is 67.8 Å². The van der Waals surface area contributed by atoms with E-state index in [0.717, 1.165) is 67.0 Å². The van der Waals surface area contributed by atoms with E-state index in [1.807, 2.05) is 79.7 Å². The monoisotopic (exact) mass is 548 g/mol. The molecule has 4 aromatic carbocycles. The van der Waals surface area contributed by atoms with Gasteiger partial charge in [-0.15, -0.1) is 0 Å². The number of para-hydroxylation sites is 1. The Labute approximate surface area is 241 Å². The van der Waals surface area contributed by atoms with Crippen LogP contribution in [0.4, 0.5) is 17.1 Å². The molecule has 6 heteroatoms. The summed E-state index contributed by atoms with van der Waals surface area (Å²) in [6, 6.07) is 25.3. The highest BCUT2D eigenvalue weighted by Crippen LogP contribution is 2.60. The summed E-state index contributed by atoms with van der Waals surface area (Å²) in [6.07, 6.45) is 4.17. The van der Waals surface area contributed by atoms with Gasteiger partial charge < -0.3 is 24.8 Å². The fourth-order valence-corrected chi connectivity index (χ4v) is 5.97. The first-order chi connectivity index (χ1) is 20.0. The van der Waals surface area contributed by atoms with Gasteiger partial charge in [0.1, 0.15) is 5.75 Å². The largest absolute Gasteiger partial charge is 0.503 e. The Morgan fingerprint density at radius 3 is 2.29 bits per heavy atom. The minimum Gasteiger partial charge on any atom is -0.503 e. The van der Waals surface area contributed by atoms with Gasteiger partial charge in [0.25, 0.3) is 0 Å². The molecule has 41 heavy (non-hydrogen) atoms. The van der Waals surface area contributed by atoms with Crippen LogP contribution in [0.3, 0.4) is 0 Å². The molecule has 2 aliphatic heterocycles.